The molecule has 7 heteroatoms. The average Bonchev–Trinajstić information content (AvgIpc) is 2.40. The first kappa shape index (κ1) is 17.9. The molecule has 0 saturated heterocycles. The summed E-state index contributed by atoms with van der Waals surface area (Å²) in [6.45, 7) is 3.76. The van der Waals surface area contributed by atoms with Gasteiger partial charge in [-0.1, -0.05) is 38.5 Å². The topological polar surface area (TPSA) is 106 Å². The molecule has 21 heavy (non-hydrogen) atoms. The van der Waals surface area contributed by atoms with Crippen LogP contribution in [0.25, 0.3) is 0 Å². The van der Waals surface area contributed by atoms with Crippen molar-refractivity contribution in [1.82, 2.24) is 4.31 Å². The van der Waals surface area contributed by atoms with E-state index in [1.807, 2.05) is 13.8 Å². The van der Waals surface area contributed by atoms with Gasteiger partial charge in [0.15, 0.2) is 0 Å². The summed E-state index contributed by atoms with van der Waals surface area (Å²) in [6.07, 6.45) is 6.76. The molecule has 0 radical (unpaired) electrons. The number of sulfonamides is 1. The molecule has 1 aliphatic rings. The van der Waals surface area contributed by atoms with Gasteiger partial charge in [-0.2, -0.15) is 4.31 Å². The standard InChI is InChI=1S/C14H25N3O3S/c1-4-8-14(17(3)21(19,20)10-5-2)9-6-7-11(12(14)15)13(16)18/h6-7,9,12H,4-5,8,10,15H2,1-3H3,(H2,16,18). The molecule has 0 saturated carbocycles. The summed E-state index contributed by atoms with van der Waals surface area (Å²) >= 11 is 0. The lowest BCUT2D eigenvalue weighted by Crippen LogP contribution is -2.62. The Balaban J connectivity index is 3.31. The minimum absolute atomic E-state index is 0.0468. The first-order chi connectivity index (χ1) is 9.73. The maximum atomic E-state index is 12.4. The highest BCUT2D eigenvalue weighted by atomic mass is 32.2. The Bertz CT molecular complexity index is 554. The summed E-state index contributed by atoms with van der Waals surface area (Å²) < 4.78 is 26.2. The molecule has 6 nitrogen and oxygen atoms in total. The highest BCUT2D eigenvalue weighted by Gasteiger charge is 2.46. The lowest BCUT2D eigenvalue weighted by molar-refractivity contribution is -0.115. The number of nitrogens with zero attached hydrogens (tertiary/aromatic N) is 1. The maximum Gasteiger partial charge on any atom is 0.246 e. The van der Waals surface area contributed by atoms with Crippen LogP contribution >= 0.6 is 0 Å². The van der Waals surface area contributed by atoms with Gasteiger partial charge in [0.2, 0.25) is 15.9 Å². The number of likely N-dealkylation sites (N-methyl/N-ethyl adjacent to an activating group) is 1. The fourth-order valence-corrected chi connectivity index (χ4v) is 4.36. The zero-order chi connectivity index (χ0) is 16.3. The van der Waals surface area contributed by atoms with Crippen molar-refractivity contribution in [2.45, 2.75) is 44.7 Å². The highest BCUT2D eigenvalue weighted by Crippen LogP contribution is 2.34. The first-order valence-corrected chi connectivity index (χ1v) is 8.75. The molecule has 0 aromatic carbocycles. The molecule has 0 aromatic rings. The van der Waals surface area contributed by atoms with Gasteiger partial charge in [0, 0.05) is 12.6 Å². The number of allylic oxidation sites excluding steroid dienone is 2. The van der Waals surface area contributed by atoms with Gasteiger partial charge in [0.25, 0.3) is 0 Å². The Morgan fingerprint density at radius 3 is 2.48 bits per heavy atom. The molecule has 0 aromatic heterocycles. The predicted molar refractivity (Wildman–Crippen MR) is 83.9 cm³/mol. The minimum atomic E-state index is -3.45. The van der Waals surface area contributed by atoms with Gasteiger partial charge in [-0.25, -0.2) is 8.42 Å². The summed E-state index contributed by atoms with van der Waals surface area (Å²) in [7, 11) is -1.93. The summed E-state index contributed by atoms with van der Waals surface area (Å²) in [6, 6.07) is -0.767. The summed E-state index contributed by atoms with van der Waals surface area (Å²) in [5.41, 5.74) is 10.9. The summed E-state index contributed by atoms with van der Waals surface area (Å²) in [5, 5.41) is 0. The monoisotopic (exact) mass is 315 g/mol. The van der Waals surface area contributed by atoms with E-state index >= 15 is 0 Å². The van der Waals surface area contributed by atoms with Crippen LogP contribution in [0, 0.1) is 0 Å². The number of carbonyl (C=O) groups excluding carboxylic acids is 1. The molecular weight excluding hydrogens is 290 g/mol. The van der Waals surface area contributed by atoms with Crippen LogP contribution in [0.15, 0.2) is 23.8 Å². The van der Waals surface area contributed by atoms with Gasteiger partial charge in [0.1, 0.15) is 0 Å². The number of carbonyl (C=O) groups is 1. The molecule has 120 valence electrons. The van der Waals surface area contributed by atoms with Crippen LogP contribution in [-0.4, -0.2) is 43.0 Å². The molecule has 0 aliphatic heterocycles. The number of hydrogen-bond donors (Lipinski definition) is 2. The van der Waals surface area contributed by atoms with Crippen molar-refractivity contribution in [3.63, 3.8) is 0 Å². The fourth-order valence-electron chi connectivity index (χ4n) is 2.78. The first-order valence-electron chi connectivity index (χ1n) is 7.14. The third kappa shape index (κ3) is 3.36. The zero-order valence-corrected chi connectivity index (χ0v) is 13.7. The molecule has 4 N–H and O–H groups in total. The third-order valence-electron chi connectivity index (χ3n) is 3.93. The highest BCUT2D eigenvalue weighted by molar-refractivity contribution is 7.89. The van der Waals surface area contributed by atoms with E-state index in [0.29, 0.717) is 12.8 Å². The van der Waals surface area contributed by atoms with Crippen LogP contribution in [0.5, 0.6) is 0 Å². The van der Waals surface area contributed by atoms with Crippen LogP contribution in [-0.2, 0) is 14.8 Å². The van der Waals surface area contributed by atoms with Crippen LogP contribution in [0.1, 0.15) is 33.1 Å². The number of rotatable bonds is 7. The largest absolute Gasteiger partial charge is 0.366 e. The second kappa shape index (κ2) is 6.72. The zero-order valence-electron chi connectivity index (χ0n) is 12.9. The van der Waals surface area contributed by atoms with Gasteiger partial charge in [-0.15, -0.1) is 0 Å². The number of amides is 1. The van der Waals surface area contributed by atoms with Gasteiger partial charge < -0.3 is 11.5 Å². The second-order valence-electron chi connectivity index (χ2n) is 5.35. The van der Waals surface area contributed by atoms with Gasteiger partial charge in [-0.3, -0.25) is 4.79 Å². The van der Waals surface area contributed by atoms with Gasteiger partial charge in [0.05, 0.1) is 17.3 Å². The lowest BCUT2D eigenvalue weighted by atomic mass is 9.78. The molecule has 1 amide bonds. The Morgan fingerprint density at radius 1 is 1.38 bits per heavy atom. The molecule has 0 heterocycles. The SMILES string of the molecule is CCCC1(N(C)S(=O)(=O)CCC)C=CC=C(C(N)=O)C1N. The van der Waals surface area contributed by atoms with Crippen molar-refractivity contribution in [2.24, 2.45) is 11.5 Å². The minimum Gasteiger partial charge on any atom is -0.366 e. The summed E-state index contributed by atoms with van der Waals surface area (Å²) in [4.78, 5) is 11.5. The molecule has 2 unspecified atom stereocenters. The maximum absolute atomic E-state index is 12.4. The lowest BCUT2D eigenvalue weighted by Gasteiger charge is -2.44. The summed E-state index contributed by atoms with van der Waals surface area (Å²) in [5.74, 6) is -0.570. The van der Waals surface area contributed by atoms with Gasteiger partial charge in [-0.05, 0) is 12.8 Å². The molecule has 2 atom stereocenters. The Labute approximate surface area is 126 Å². The van der Waals surface area contributed by atoms with Crippen molar-refractivity contribution in [2.75, 3.05) is 12.8 Å². The van der Waals surface area contributed by atoms with Crippen LogP contribution in [0.4, 0.5) is 0 Å². The van der Waals surface area contributed by atoms with E-state index < -0.39 is 27.5 Å². The van der Waals surface area contributed by atoms with Crippen molar-refractivity contribution in [3.05, 3.63) is 23.8 Å². The number of hydrogen-bond acceptors (Lipinski definition) is 4. The molecular formula is C14H25N3O3S. The molecule has 1 aliphatic carbocycles. The van der Waals surface area contributed by atoms with E-state index in [0.717, 1.165) is 6.42 Å². The average molecular weight is 315 g/mol. The van der Waals surface area contributed by atoms with E-state index in [-0.39, 0.29) is 11.3 Å². The van der Waals surface area contributed by atoms with E-state index in [9.17, 15) is 13.2 Å². The predicted octanol–water partition coefficient (Wildman–Crippen LogP) is 0.506. The Kier molecular flexibility index (Phi) is 5.72. The van der Waals surface area contributed by atoms with Crippen LogP contribution in [0.2, 0.25) is 0 Å². The van der Waals surface area contributed by atoms with Crippen molar-refractivity contribution in [3.8, 4) is 0 Å². The third-order valence-corrected chi connectivity index (χ3v) is 6.03. The van der Waals surface area contributed by atoms with E-state index in [4.69, 9.17) is 11.5 Å². The normalized spacial score (nSPS) is 26.0. The Morgan fingerprint density at radius 2 is 2.00 bits per heavy atom. The smallest absolute Gasteiger partial charge is 0.246 e. The van der Waals surface area contributed by atoms with E-state index in [1.54, 1.807) is 18.2 Å². The Hall–Kier alpha value is -1.18. The quantitative estimate of drug-likeness (QED) is 0.713. The molecule has 0 fully saturated rings. The van der Waals surface area contributed by atoms with Crippen LogP contribution < -0.4 is 11.5 Å². The molecule has 0 bridgehead atoms. The van der Waals surface area contributed by atoms with Gasteiger partial charge >= 0.3 is 0 Å². The second-order valence-corrected chi connectivity index (χ2v) is 7.47. The molecule has 0 spiro atoms. The van der Waals surface area contributed by atoms with Crippen molar-refractivity contribution >= 4 is 15.9 Å². The van der Waals surface area contributed by atoms with Crippen LogP contribution in [0.3, 0.4) is 0 Å². The van der Waals surface area contributed by atoms with Crippen molar-refractivity contribution in [1.29, 1.82) is 0 Å². The van der Waals surface area contributed by atoms with E-state index in [1.165, 1.54) is 11.4 Å². The van der Waals surface area contributed by atoms with E-state index in [2.05, 4.69) is 0 Å². The fraction of sp³-hybridized carbons (Fsp3) is 0.643. The number of primary amides is 1. The van der Waals surface area contributed by atoms with Crippen molar-refractivity contribution < 1.29 is 13.2 Å². The number of nitrogens with two attached hydrogens (primary N) is 2. The molecule has 1 rings (SSSR count).